The number of hydrogen-bond donors (Lipinski definition) is 1. The number of aromatic nitrogens is 2. The van der Waals surface area contributed by atoms with Gasteiger partial charge in [0.05, 0.1) is 11.9 Å². The van der Waals surface area contributed by atoms with Gasteiger partial charge in [-0.25, -0.2) is 4.98 Å². The molecule has 0 saturated carbocycles. The Hall–Kier alpha value is -1.55. The second kappa shape index (κ2) is 4.31. The highest BCUT2D eigenvalue weighted by Gasteiger charge is 2.02. The summed E-state index contributed by atoms with van der Waals surface area (Å²) >= 11 is 1.62. The Balaban J connectivity index is 2.25. The van der Waals surface area contributed by atoms with Crippen LogP contribution in [-0.4, -0.2) is 9.97 Å². The van der Waals surface area contributed by atoms with Crippen molar-refractivity contribution in [3.05, 3.63) is 42.4 Å². The van der Waals surface area contributed by atoms with E-state index in [0.29, 0.717) is 5.69 Å². The molecule has 2 heterocycles. The fourth-order valence-corrected chi connectivity index (χ4v) is 2.02. The molecule has 0 amide bonds. The molecule has 3 nitrogen and oxygen atoms in total. The van der Waals surface area contributed by atoms with Crippen molar-refractivity contribution in [2.45, 2.75) is 16.8 Å². The van der Waals surface area contributed by atoms with Gasteiger partial charge in [0.1, 0.15) is 5.03 Å². The highest BCUT2D eigenvalue weighted by molar-refractivity contribution is 7.99. The molecule has 0 spiro atoms. The van der Waals surface area contributed by atoms with Crippen LogP contribution in [0.5, 0.6) is 0 Å². The fourth-order valence-electron chi connectivity index (χ4n) is 1.21. The van der Waals surface area contributed by atoms with Gasteiger partial charge in [0.25, 0.3) is 0 Å². The van der Waals surface area contributed by atoms with Crippen LogP contribution in [0, 0.1) is 6.92 Å². The second-order valence-corrected chi connectivity index (χ2v) is 4.24. The minimum absolute atomic E-state index is 0.701. The van der Waals surface area contributed by atoms with Crippen LogP contribution in [0.3, 0.4) is 0 Å². The number of pyridine rings is 2. The number of hydrogen-bond acceptors (Lipinski definition) is 4. The molecule has 4 heteroatoms. The molecule has 15 heavy (non-hydrogen) atoms. The minimum Gasteiger partial charge on any atom is -0.397 e. The molecular formula is C11H11N3S. The van der Waals surface area contributed by atoms with E-state index >= 15 is 0 Å². The van der Waals surface area contributed by atoms with Gasteiger partial charge >= 0.3 is 0 Å². The molecule has 0 unspecified atom stereocenters. The molecule has 2 rings (SSSR count). The highest BCUT2D eigenvalue weighted by atomic mass is 32.2. The van der Waals surface area contributed by atoms with E-state index in [1.165, 1.54) is 0 Å². The predicted molar refractivity (Wildman–Crippen MR) is 61.7 cm³/mol. The maximum absolute atomic E-state index is 5.64. The Bertz CT molecular complexity index is 457. The lowest BCUT2D eigenvalue weighted by atomic mass is 10.3. The van der Waals surface area contributed by atoms with E-state index < -0.39 is 0 Å². The third kappa shape index (κ3) is 2.47. The number of nitrogens with zero attached hydrogens (tertiary/aromatic N) is 2. The first-order chi connectivity index (χ1) is 7.25. The summed E-state index contributed by atoms with van der Waals surface area (Å²) in [6, 6.07) is 5.85. The lowest BCUT2D eigenvalue weighted by Gasteiger charge is -2.04. The van der Waals surface area contributed by atoms with Crippen LogP contribution in [0.1, 0.15) is 5.56 Å². The van der Waals surface area contributed by atoms with Crippen molar-refractivity contribution in [3.63, 3.8) is 0 Å². The summed E-state index contributed by atoms with van der Waals surface area (Å²) in [5.41, 5.74) is 7.43. The topological polar surface area (TPSA) is 51.8 Å². The summed E-state index contributed by atoms with van der Waals surface area (Å²) in [6.45, 7) is 2.01. The van der Waals surface area contributed by atoms with Crippen molar-refractivity contribution in [1.82, 2.24) is 9.97 Å². The molecule has 0 aliphatic heterocycles. The first-order valence-electron chi connectivity index (χ1n) is 4.56. The first-order valence-corrected chi connectivity index (χ1v) is 5.37. The smallest absolute Gasteiger partial charge is 0.104 e. The van der Waals surface area contributed by atoms with E-state index in [2.05, 4.69) is 9.97 Å². The van der Waals surface area contributed by atoms with Gasteiger partial charge in [0.2, 0.25) is 0 Å². The zero-order valence-corrected chi connectivity index (χ0v) is 9.16. The third-order valence-corrected chi connectivity index (χ3v) is 3.04. The molecule has 76 valence electrons. The standard InChI is InChI=1S/C11H11N3S/c1-8-6-9(12)7-14-11(8)15-10-2-4-13-5-3-10/h2-7H,12H2,1H3. The zero-order valence-electron chi connectivity index (χ0n) is 8.34. The second-order valence-electron chi connectivity index (χ2n) is 3.18. The normalized spacial score (nSPS) is 10.2. The molecule has 0 saturated heterocycles. The number of nitrogens with two attached hydrogens (primary N) is 1. The van der Waals surface area contributed by atoms with E-state index in [-0.39, 0.29) is 0 Å². The van der Waals surface area contributed by atoms with Crippen molar-refractivity contribution in [3.8, 4) is 0 Å². The Labute approximate surface area is 92.8 Å². The molecule has 2 aromatic rings. The van der Waals surface area contributed by atoms with Crippen LogP contribution in [0.4, 0.5) is 5.69 Å². The SMILES string of the molecule is Cc1cc(N)cnc1Sc1ccncc1. The molecule has 0 atom stereocenters. The highest BCUT2D eigenvalue weighted by Crippen LogP contribution is 2.28. The van der Waals surface area contributed by atoms with E-state index in [0.717, 1.165) is 15.5 Å². The van der Waals surface area contributed by atoms with Crippen LogP contribution in [-0.2, 0) is 0 Å². The summed E-state index contributed by atoms with van der Waals surface area (Å²) in [5, 5.41) is 0.982. The van der Waals surface area contributed by atoms with E-state index in [4.69, 9.17) is 5.73 Å². The van der Waals surface area contributed by atoms with Crippen molar-refractivity contribution in [2.75, 3.05) is 5.73 Å². The Morgan fingerprint density at radius 3 is 2.67 bits per heavy atom. The van der Waals surface area contributed by atoms with Crippen molar-refractivity contribution >= 4 is 17.4 Å². The number of aryl methyl sites for hydroxylation is 1. The van der Waals surface area contributed by atoms with Gasteiger partial charge in [-0.05, 0) is 30.7 Å². The Kier molecular flexibility index (Phi) is 2.87. The van der Waals surface area contributed by atoms with Crippen LogP contribution in [0.25, 0.3) is 0 Å². The largest absolute Gasteiger partial charge is 0.397 e. The van der Waals surface area contributed by atoms with Gasteiger partial charge in [-0.2, -0.15) is 0 Å². The monoisotopic (exact) mass is 217 g/mol. The maximum atomic E-state index is 5.64. The molecule has 2 aromatic heterocycles. The number of nitrogen functional groups attached to an aromatic ring is 1. The molecule has 2 N–H and O–H groups in total. The molecule has 0 radical (unpaired) electrons. The maximum Gasteiger partial charge on any atom is 0.104 e. The van der Waals surface area contributed by atoms with E-state index in [9.17, 15) is 0 Å². The third-order valence-electron chi connectivity index (χ3n) is 1.92. The molecule has 0 aromatic carbocycles. The molecule has 0 fully saturated rings. The van der Waals surface area contributed by atoms with E-state index in [1.807, 2.05) is 25.1 Å². The van der Waals surface area contributed by atoms with Gasteiger partial charge in [-0.15, -0.1) is 0 Å². The van der Waals surface area contributed by atoms with Crippen molar-refractivity contribution in [1.29, 1.82) is 0 Å². The summed E-state index contributed by atoms with van der Waals surface area (Å²) in [7, 11) is 0. The summed E-state index contributed by atoms with van der Waals surface area (Å²) in [5.74, 6) is 0. The van der Waals surface area contributed by atoms with Gasteiger partial charge in [-0.1, -0.05) is 11.8 Å². The van der Waals surface area contributed by atoms with Crippen molar-refractivity contribution in [2.24, 2.45) is 0 Å². The molecule has 0 aliphatic carbocycles. The van der Waals surface area contributed by atoms with E-state index in [1.54, 1.807) is 30.4 Å². The predicted octanol–water partition coefficient (Wildman–Crippen LogP) is 2.52. The number of anilines is 1. The first kappa shape index (κ1) is 9.98. The zero-order chi connectivity index (χ0) is 10.7. The van der Waals surface area contributed by atoms with Crippen LogP contribution in [0.2, 0.25) is 0 Å². The lowest BCUT2D eigenvalue weighted by molar-refractivity contribution is 1.08. The van der Waals surface area contributed by atoms with Gasteiger partial charge in [0.15, 0.2) is 0 Å². The Morgan fingerprint density at radius 1 is 1.27 bits per heavy atom. The average molecular weight is 217 g/mol. The van der Waals surface area contributed by atoms with Gasteiger partial charge in [0, 0.05) is 17.3 Å². The van der Waals surface area contributed by atoms with Crippen LogP contribution >= 0.6 is 11.8 Å². The summed E-state index contributed by atoms with van der Waals surface area (Å²) < 4.78 is 0. The van der Waals surface area contributed by atoms with Gasteiger partial charge < -0.3 is 5.73 Å². The fraction of sp³-hybridized carbons (Fsp3) is 0.0909. The average Bonchev–Trinajstić information content (AvgIpc) is 2.24. The molecular weight excluding hydrogens is 206 g/mol. The van der Waals surface area contributed by atoms with Crippen molar-refractivity contribution < 1.29 is 0 Å². The van der Waals surface area contributed by atoms with Crippen LogP contribution < -0.4 is 5.73 Å². The lowest BCUT2D eigenvalue weighted by Crippen LogP contribution is -1.90. The minimum atomic E-state index is 0.701. The quantitative estimate of drug-likeness (QED) is 0.839. The number of rotatable bonds is 2. The molecule has 0 bridgehead atoms. The van der Waals surface area contributed by atoms with Crippen LogP contribution in [0.15, 0.2) is 46.7 Å². The summed E-state index contributed by atoms with van der Waals surface area (Å²) in [4.78, 5) is 9.39. The van der Waals surface area contributed by atoms with Gasteiger partial charge in [-0.3, -0.25) is 4.98 Å². The molecule has 0 aliphatic rings. The summed E-state index contributed by atoms with van der Waals surface area (Å²) in [6.07, 6.45) is 5.22. The Morgan fingerprint density at radius 2 is 2.00 bits per heavy atom.